The van der Waals surface area contributed by atoms with E-state index in [0.29, 0.717) is 29.6 Å². The summed E-state index contributed by atoms with van der Waals surface area (Å²) in [4.78, 5) is 10.00. The van der Waals surface area contributed by atoms with Crippen molar-refractivity contribution in [2.45, 2.75) is 98.8 Å². The molecule has 5 nitrogen and oxygen atoms in total. The summed E-state index contributed by atoms with van der Waals surface area (Å²) in [5.41, 5.74) is 12.9. The van der Waals surface area contributed by atoms with Crippen molar-refractivity contribution in [1.82, 2.24) is 9.55 Å². The molecule has 4 aromatic carbocycles. The first-order valence-corrected chi connectivity index (χ1v) is 18.4. The van der Waals surface area contributed by atoms with Crippen LogP contribution in [-0.4, -0.2) is 21.3 Å². The Morgan fingerprint density at radius 2 is 1.16 bits per heavy atom. The average Bonchev–Trinajstić information content (AvgIpc) is 3.76. The minimum atomic E-state index is 0.223. The van der Waals surface area contributed by atoms with Crippen molar-refractivity contribution in [1.29, 1.82) is 0 Å². The molecule has 1 aliphatic rings. The van der Waals surface area contributed by atoms with Crippen molar-refractivity contribution in [3.05, 3.63) is 125 Å². The van der Waals surface area contributed by atoms with Crippen LogP contribution in [0.2, 0.25) is 0 Å². The van der Waals surface area contributed by atoms with Gasteiger partial charge >= 0.3 is 0 Å². The highest BCUT2D eigenvalue weighted by Gasteiger charge is 2.26. The fraction of sp³-hybridized carbons (Fsp3) is 0.356. The Morgan fingerprint density at radius 1 is 0.580 bits per heavy atom. The van der Waals surface area contributed by atoms with E-state index in [1.807, 2.05) is 18.2 Å². The van der Waals surface area contributed by atoms with E-state index in [1.54, 1.807) is 6.07 Å². The van der Waals surface area contributed by atoms with E-state index in [4.69, 9.17) is 4.98 Å². The molecule has 0 saturated heterocycles. The zero-order chi connectivity index (χ0) is 35.9. The highest BCUT2D eigenvalue weighted by Crippen LogP contribution is 2.41. The predicted octanol–water partition coefficient (Wildman–Crippen LogP) is 12.3. The third kappa shape index (κ3) is 6.70. The molecule has 0 atom stereocenters. The van der Waals surface area contributed by atoms with Gasteiger partial charge in [0.2, 0.25) is 0 Å². The molecule has 260 valence electrons. The number of imidazole rings is 1. The van der Waals surface area contributed by atoms with Crippen molar-refractivity contribution >= 4 is 11.4 Å². The number of phenols is 1. The Kier molecular flexibility index (Phi) is 9.98. The van der Waals surface area contributed by atoms with E-state index < -0.39 is 0 Å². The molecule has 1 aliphatic heterocycles. The first-order chi connectivity index (χ1) is 23.8. The molecule has 0 unspecified atom stereocenters. The van der Waals surface area contributed by atoms with Crippen LogP contribution < -0.4 is 9.80 Å². The minimum absolute atomic E-state index is 0.223. The molecular weight excluding hydrogens is 613 g/mol. The highest BCUT2D eigenvalue weighted by atomic mass is 16.3. The van der Waals surface area contributed by atoms with Gasteiger partial charge in [0.05, 0.1) is 23.6 Å². The van der Waals surface area contributed by atoms with Crippen LogP contribution in [0.15, 0.2) is 97.5 Å². The summed E-state index contributed by atoms with van der Waals surface area (Å²) in [7, 11) is 0. The quantitative estimate of drug-likeness (QED) is 0.161. The van der Waals surface area contributed by atoms with Gasteiger partial charge in [0.1, 0.15) is 11.6 Å². The van der Waals surface area contributed by atoms with Crippen molar-refractivity contribution in [2.75, 3.05) is 16.5 Å². The van der Waals surface area contributed by atoms with Gasteiger partial charge < -0.3 is 14.9 Å². The van der Waals surface area contributed by atoms with Crippen LogP contribution in [0.25, 0.3) is 28.3 Å². The number of para-hydroxylation sites is 2. The number of benzene rings is 4. The molecule has 0 saturated carbocycles. The van der Waals surface area contributed by atoms with Crippen LogP contribution in [0.1, 0.15) is 127 Å². The number of rotatable bonds is 10. The second-order valence-electron chi connectivity index (χ2n) is 15.4. The average molecular weight is 667 g/mol. The predicted molar refractivity (Wildman–Crippen MR) is 212 cm³/mol. The SMILES string of the molecule is CC(C)c1cc(C(C)C)c(-n2cc(-c3cccc(N4C=CN(c5c(C(C)C)cccc5C(C)C)C4)c3)nc2-c2ccccc2O)c(C(C)C)c1. The smallest absolute Gasteiger partial charge is 0.148 e. The Bertz CT molecular complexity index is 1960. The third-order valence-electron chi connectivity index (χ3n) is 10.0. The van der Waals surface area contributed by atoms with E-state index in [2.05, 4.69) is 157 Å². The maximum atomic E-state index is 11.1. The number of anilines is 2. The number of aromatic hydroxyl groups is 1. The fourth-order valence-corrected chi connectivity index (χ4v) is 7.16. The molecule has 1 aromatic heterocycles. The molecule has 50 heavy (non-hydrogen) atoms. The molecule has 0 fully saturated rings. The maximum Gasteiger partial charge on any atom is 0.148 e. The summed E-state index contributed by atoms with van der Waals surface area (Å²) in [6.45, 7) is 23.4. The van der Waals surface area contributed by atoms with Crippen LogP contribution in [0.3, 0.4) is 0 Å². The summed E-state index contributed by atoms with van der Waals surface area (Å²) in [5, 5.41) is 11.1. The molecule has 0 amide bonds. The lowest BCUT2D eigenvalue weighted by atomic mass is 9.87. The van der Waals surface area contributed by atoms with Crippen LogP contribution in [0.4, 0.5) is 11.4 Å². The van der Waals surface area contributed by atoms with E-state index in [9.17, 15) is 5.11 Å². The Labute approximate surface area is 299 Å². The Morgan fingerprint density at radius 3 is 1.74 bits per heavy atom. The zero-order valence-corrected chi connectivity index (χ0v) is 31.6. The molecule has 0 spiro atoms. The minimum Gasteiger partial charge on any atom is -0.507 e. The van der Waals surface area contributed by atoms with Crippen molar-refractivity contribution in [3.8, 4) is 34.1 Å². The summed E-state index contributed by atoms with van der Waals surface area (Å²) in [6.07, 6.45) is 6.57. The van der Waals surface area contributed by atoms with Crippen LogP contribution in [0, 0.1) is 0 Å². The Hall–Kier alpha value is -4.77. The van der Waals surface area contributed by atoms with Gasteiger partial charge in [0.15, 0.2) is 0 Å². The second kappa shape index (κ2) is 14.2. The van der Waals surface area contributed by atoms with Gasteiger partial charge in [0.25, 0.3) is 0 Å². The first kappa shape index (κ1) is 35.1. The van der Waals surface area contributed by atoms with Crippen LogP contribution >= 0.6 is 0 Å². The van der Waals surface area contributed by atoms with Crippen LogP contribution in [-0.2, 0) is 0 Å². The molecule has 1 N–H and O–H groups in total. The standard InChI is InChI=1S/C45H54N4O/c1-28(2)34-24-39(31(7)8)44(40(25-34)32(9)10)49-26-41(46-45(49)38-17-11-12-20-42(38)50)33-15-13-16-35(23-33)47-21-22-48(27-47)43-36(29(3)4)18-14-19-37(43)30(5)6/h11-26,28-32,50H,27H2,1-10H3. The van der Waals surface area contributed by atoms with Gasteiger partial charge in [0, 0.05) is 35.5 Å². The highest BCUT2D eigenvalue weighted by molar-refractivity contribution is 5.75. The van der Waals surface area contributed by atoms with Gasteiger partial charge in [-0.2, -0.15) is 0 Å². The monoisotopic (exact) mass is 666 g/mol. The van der Waals surface area contributed by atoms with Gasteiger partial charge in [-0.25, -0.2) is 4.98 Å². The summed E-state index contributed by atoms with van der Waals surface area (Å²) in [6, 6.07) is 27.7. The van der Waals surface area contributed by atoms with Gasteiger partial charge in [-0.05, 0) is 81.7 Å². The van der Waals surface area contributed by atoms with E-state index in [1.165, 1.54) is 33.5 Å². The Balaban J connectivity index is 1.45. The molecule has 0 bridgehead atoms. The lowest BCUT2D eigenvalue weighted by molar-refractivity contribution is 0.477. The molecule has 0 radical (unpaired) electrons. The lowest BCUT2D eigenvalue weighted by Gasteiger charge is -2.28. The molecule has 6 rings (SSSR count). The summed E-state index contributed by atoms with van der Waals surface area (Å²) >= 11 is 0. The molecule has 5 heteroatoms. The maximum absolute atomic E-state index is 11.1. The van der Waals surface area contributed by atoms with Crippen molar-refractivity contribution < 1.29 is 5.11 Å². The lowest BCUT2D eigenvalue weighted by Crippen LogP contribution is -2.26. The molecule has 0 aliphatic carbocycles. The van der Waals surface area contributed by atoms with E-state index in [0.717, 1.165) is 40.7 Å². The number of hydrogen-bond acceptors (Lipinski definition) is 4. The van der Waals surface area contributed by atoms with Crippen LogP contribution in [0.5, 0.6) is 5.75 Å². The second-order valence-corrected chi connectivity index (χ2v) is 15.4. The normalized spacial score (nSPS) is 13.3. The van der Waals surface area contributed by atoms with Crippen molar-refractivity contribution in [3.63, 3.8) is 0 Å². The molecule has 2 heterocycles. The van der Waals surface area contributed by atoms with E-state index in [-0.39, 0.29) is 5.75 Å². The summed E-state index contributed by atoms with van der Waals surface area (Å²) < 4.78 is 2.24. The zero-order valence-electron chi connectivity index (χ0n) is 31.6. The fourth-order valence-electron chi connectivity index (χ4n) is 7.16. The number of aromatic nitrogens is 2. The summed E-state index contributed by atoms with van der Waals surface area (Å²) in [5.74, 6) is 2.84. The van der Waals surface area contributed by atoms with E-state index >= 15 is 0 Å². The van der Waals surface area contributed by atoms with Gasteiger partial charge in [-0.15, -0.1) is 0 Å². The topological polar surface area (TPSA) is 44.5 Å². The molecule has 5 aromatic rings. The third-order valence-corrected chi connectivity index (χ3v) is 10.0. The first-order valence-electron chi connectivity index (χ1n) is 18.4. The number of nitrogens with zero attached hydrogens (tertiary/aromatic N) is 4. The number of phenolic OH excluding ortho intramolecular Hbond substituents is 1. The molecular formula is C45H54N4O. The van der Waals surface area contributed by atoms with Gasteiger partial charge in [-0.1, -0.05) is 124 Å². The largest absolute Gasteiger partial charge is 0.507 e. The van der Waals surface area contributed by atoms with Crippen molar-refractivity contribution in [2.24, 2.45) is 0 Å². The number of hydrogen-bond donors (Lipinski definition) is 1. The van der Waals surface area contributed by atoms with Gasteiger partial charge in [-0.3, -0.25) is 4.57 Å².